The van der Waals surface area contributed by atoms with Crippen molar-refractivity contribution in [2.24, 2.45) is 12.8 Å². The molecule has 0 radical (unpaired) electrons. The number of hydrogen-bond acceptors (Lipinski definition) is 4. The summed E-state index contributed by atoms with van der Waals surface area (Å²) in [6, 6.07) is 6.08. The third kappa shape index (κ3) is 1.93. The number of nitrogens with zero attached hydrogens (tertiary/aromatic N) is 5. The molecule has 4 rings (SSSR count). The second-order valence-corrected chi connectivity index (χ2v) is 5.24. The standard InChI is InChI=1S/C16H16N6/c1-20-8-4-5-13(20)12-11-14(16-18-7-10-22(16)19-12)21-9-3-2-6-15(21)17/h2-11,15H,17H2,1H3. The molecule has 0 saturated carbocycles. The van der Waals surface area contributed by atoms with Gasteiger partial charge in [0.2, 0.25) is 0 Å². The van der Waals surface area contributed by atoms with Crippen molar-refractivity contribution < 1.29 is 0 Å². The lowest BCUT2D eigenvalue weighted by molar-refractivity contribution is 0.802. The molecule has 3 aromatic heterocycles. The van der Waals surface area contributed by atoms with Gasteiger partial charge in [-0.15, -0.1) is 0 Å². The predicted molar refractivity (Wildman–Crippen MR) is 86.1 cm³/mol. The summed E-state index contributed by atoms with van der Waals surface area (Å²) in [5.41, 5.74) is 9.84. The Balaban J connectivity index is 1.93. The molecule has 2 N–H and O–H groups in total. The molecule has 0 amide bonds. The zero-order valence-electron chi connectivity index (χ0n) is 12.2. The van der Waals surface area contributed by atoms with Crippen molar-refractivity contribution in [2.75, 3.05) is 4.90 Å². The van der Waals surface area contributed by atoms with Crippen LogP contribution in [0.15, 0.2) is 61.2 Å². The van der Waals surface area contributed by atoms with Crippen LogP contribution in [-0.2, 0) is 7.05 Å². The maximum atomic E-state index is 6.19. The Morgan fingerprint density at radius 2 is 2.14 bits per heavy atom. The maximum Gasteiger partial charge on any atom is 0.177 e. The van der Waals surface area contributed by atoms with Gasteiger partial charge in [-0.05, 0) is 30.4 Å². The highest BCUT2D eigenvalue weighted by molar-refractivity contribution is 5.75. The number of anilines is 1. The van der Waals surface area contributed by atoms with Crippen LogP contribution in [0, 0.1) is 0 Å². The minimum Gasteiger partial charge on any atom is -0.349 e. The van der Waals surface area contributed by atoms with Crippen LogP contribution in [0.5, 0.6) is 0 Å². The topological polar surface area (TPSA) is 64.4 Å². The molecule has 0 aromatic carbocycles. The van der Waals surface area contributed by atoms with Crippen LogP contribution in [0.1, 0.15) is 0 Å². The van der Waals surface area contributed by atoms with Gasteiger partial charge in [0.15, 0.2) is 5.65 Å². The van der Waals surface area contributed by atoms with Crippen molar-refractivity contribution in [3.63, 3.8) is 0 Å². The lowest BCUT2D eigenvalue weighted by atomic mass is 10.2. The van der Waals surface area contributed by atoms with Gasteiger partial charge in [-0.1, -0.05) is 6.08 Å². The van der Waals surface area contributed by atoms with Crippen molar-refractivity contribution in [2.45, 2.75) is 6.17 Å². The van der Waals surface area contributed by atoms with Crippen LogP contribution in [0.4, 0.5) is 5.69 Å². The molecule has 110 valence electrons. The van der Waals surface area contributed by atoms with E-state index < -0.39 is 0 Å². The van der Waals surface area contributed by atoms with Gasteiger partial charge in [-0.25, -0.2) is 9.50 Å². The Bertz CT molecular complexity index is 885. The van der Waals surface area contributed by atoms with Crippen LogP contribution >= 0.6 is 0 Å². The van der Waals surface area contributed by atoms with Crippen molar-refractivity contribution in [3.05, 3.63) is 61.2 Å². The lowest BCUT2D eigenvalue weighted by Crippen LogP contribution is -2.38. The van der Waals surface area contributed by atoms with Gasteiger partial charge in [0.05, 0.1) is 11.4 Å². The molecular formula is C16H16N6. The fourth-order valence-electron chi connectivity index (χ4n) is 2.70. The normalized spacial score (nSPS) is 17.5. The molecule has 0 bridgehead atoms. The molecular weight excluding hydrogens is 276 g/mol. The van der Waals surface area contributed by atoms with Crippen LogP contribution < -0.4 is 10.6 Å². The van der Waals surface area contributed by atoms with E-state index in [1.165, 1.54) is 0 Å². The second kappa shape index (κ2) is 4.85. The first-order valence-electron chi connectivity index (χ1n) is 7.09. The number of rotatable bonds is 2. The highest BCUT2D eigenvalue weighted by Gasteiger charge is 2.18. The predicted octanol–water partition coefficient (Wildman–Crippen LogP) is 1.91. The molecule has 6 nitrogen and oxygen atoms in total. The average molecular weight is 292 g/mol. The van der Waals surface area contributed by atoms with Gasteiger partial charge >= 0.3 is 0 Å². The minimum absolute atomic E-state index is 0.214. The summed E-state index contributed by atoms with van der Waals surface area (Å²) in [4.78, 5) is 6.41. The van der Waals surface area contributed by atoms with Gasteiger partial charge in [0.1, 0.15) is 11.9 Å². The lowest BCUT2D eigenvalue weighted by Gasteiger charge is -2.27. The molecule has 1 atom stereocenters. The largest absolute Gasteiger partial charge is 0.349 e. The molecule has 6 heteroatoms. The smallest absolute Gasteiger partial charge is 0.177 e. The Morgan fingerprint density at radius 3 is 2.91 bits per heavy atom. The quantitative estimate of drug-likeness (QED) is 0.783. The summed E-state index contributed by atoms with van der Waals surface area (Å²) in [7, 11) is 2.00. The first-order valence-corrected chi connectivity index (χ1v) is 7.09. The Labute approximate surface area is 127 Å². The van der Waals surface area contributed by atoms with E-state index in [0.717, 1.165) is 22.7 Å². The second-order valence-electron chi connectivity index (χ2n) is 5.24. The molecule has 1 aliphatic heterocycles. The van der Waals surface area contributed by atoms with Crippen LogP contribution in [0.2, 0.25) is 0 Å². The van der Waals surface area contributed by atoms with Crippen LogP contribution in [-0.4, -0.2) is 25.3 Å². The van der Waals surface area contributed by atoms with Crippen LogP contribution in [0.3, 0.4) is 0 Å². The highest BCUT2D eigenvalue weighted by atomic mass is 15.3. The van der Waals surface area contributed by atoms with E-state index in [-0.39, 0.29) is 6.17 Å². The number of aryl methyl sites for hydroxylation is 1. The number of imidazole rings is 1. The fraction of sp³-hybridized carbons (Fsp3) is 0.125. The Hall–Kier alpha value is -2.86. The van der Waals surface area contributed by atoms with Gasteiger partial charge < -0.3 is 15.2 Å². The number of fused-ring (bicyclic) bond motifs is 1. The molecule has 0 fully saturated rings. The minimum atomic E-state index is -0.214. The van der Waals surface area contributed by atoms with Gasteiger partial charge in [0, 0.05) is 31.8 Å². The summed E-state index contributed by atoms with van der Waals surface area (Å²) < 4.78 is 3.83. The van der Waals surface area contributed by atoms with Crippen molar-refractivity contribution in [1.29, 1.82) is 0 Å². The number of allylic oxidation sites excluding steroid dienone is 2. The molecule has 0 spiro atoms. The number of hydrogen-bond donors (Lipinski definition) is 1. The fourth-order valence-corrected chi connectivity index (χ4v) is 2.70. The first kappa shape index (κ1) is 12.8. The van der Waals surface area contributed by atoms with E-state index in [0.29, 0.717) is 0 Å². The monoisotopic (exact) mass is 292 g/mol. The summed E-state index contributed by atoms with van der Waals surface area (Å²) in [6.45, 7) is 0. The van der Waals surface area contributed by atoms with E-state index in [2.05, 4.69) is 10.1 Å². The summed E-state index contributed by atoms with van der Waals surface area (Å²) >= 11 is 0. The summed E-state index contributed by atoms with van der Waals surface area (Å²) in [5, 5.41) is 4.64. The summed E-state index contributed by atoms with van der Waals surface area (Å²) in [5.74, 6) is 0. The van der Waals surface area contributed by atoms with Gasteiger partial charge in [-0.2, -0.15) is 5.10 Å². The molecule has 22 heavy (non-hydrogen) atoms. The average Bonchev–Trinajstić information content (AvgIpc) is 3.15. The van der Waals surface area contributed by atoms with Gasteiger partial charge in [-0.3, -0.25) is 0 Å². The van der Waals surface area contributed by atoms with E-state index in [4.69, 9.17) is 5.73 Å². The zero-order valence-corrected chi connectivity index (χ0v) is 12.2. The molecule has 0 saturated heterocycles. The van der Waals surface area contributed by atoms with Crippen LogP contribution in [0.25, 0.3) is 17.0 Å². The van der Waals surface area contributed by atoms with E-state index >= 15 is 0 Å². The molecule has 1 aliphatic rings. The number of nitrogens with two attached hydrogens (primary N) is 1. The summed E-state index contributed by atoms with van der Waals surface area (Å²) in [6.07, 6.45) is 13.2. The number of aromatic nitrogens is 4. The van der Waals surface area contributed by atoms with E-state index in [1.54, 1.807) is 10.7 Å². The molecule has 0 aliphatic carbocycles. The SMILES string of the molecule is Cn1cccc1-c1cc(N2C=CC=CC2N)c2nccn2n1. The highest BCUT2D eigenvalue weighted by Crippen LogP contribution is 2.28. The third-order valence-electron chi connectivity index (χ3n) is 3.81. The van der Waals surface area contributed by atoms with Gasteiger partial charge in [0.25, 0.3) is 0 Å². The Kier molecular flexibility index (Phi) is 2.83. The van der Waals surface area contributed by atoms with Crippen molar-refractivity contribution in [1.82, 2.24) is 19.2 Å². The van der Waals surface area contributed by atoms with Crippen molar-refractivity contribution in [3.8, 4) is 11.4 Å². The van der Waals surface area contributed by atoms with Crippen molar-refractivity contribution >= 4 is 11.3 Å². The maximum absolute atomic E-state index is 6.19. The van der Waals surface area contributed by atoms with E-state index in [9.17, 15) is 0 Å². The molecule has 4 heterocycles. The van der Waals surface area contributed by atoms with E-state index in [1.807, 2.05) is 71.5 Å². The molecule has 3 aromatic rings. The first-order chi connectivity index (χ1) is 10.7. The molecule has 1 unspecified atom stereocenters. The third-order valence-corrected chi connectivity index (χ3v) is 3.81. The Morgan fingerprint density at radius 1 is 1.23 bits per heavy atom. The zero-order chi connectivity index (χ0) is 15.1.